The summed E-state index contributed by atoms with van der Waals surface area (Å²) < 4.78 is 12.7. The van der Waals surface area contributed by atoms with Crippen molar-refractivity contribution in [2.24, 2.45) is 0 Å². The number of unbranched alkanes of at least 4 members (excludes halogenated alkanes) is 2. The van der Waals surface area contributed by atoms with E-state index >= 15 is 0 Å². The Bertz CT molecular complexity index is 873. The van der Waals surface area contributed by atoms with Crippen LogP contribution < -0.4 is 14.4 Å². The van der Waals surface area contributed by atoms with Gasteiger partial charge in [0.25, 0.3) is 0 Å². The Balaban J connectivity index is 1.70. The molecule has 0 N–H and O–H groups in total. The van der Waals surface area contributed by atoms with E-state index in [0.717, 1.165) is 66.1 Å². The van der Waals surface area contributed by atoms with Crippen LogP contribution in [0.5, 0.6) is 11.5 Å². The van der Waals surface area contributed by atoms with E-state index < -0.39 is 0 Å². The molecule has 0 unspecified atom stereocenters. The molecule has 1 saturated heterocycles. The van der Waals surface area contributed by atoms with Crippen LogP contribution >= 0.6 is 0 Å². The van der Waals surface area contributed by atoms with Gasteiger partial charge >= 0.3 is 189 Å². The molecule has 1 aliphatic rings. The van der Waals surface area contributed by atoms with Crippen LogP contribution in [0.15, 0.2) is 54.7 Å². The maximum atomic E-state index is 6.18. The van der Waals surface area contributed by atoms with Crippen molar-refractivity contribution in [3.63, 3.8) is 0 Å². The Kier molecular flexibility index (Phi) is 9.83. The molecule has 1 fully saturated rings. The molecule has 0 aliphatic carbocycles. The topological polar surface area (TPSA) is 24.9 Å². The van der Waals surface area contributed by atoms with Gasteiger partial charge in [0, 0.05) is 0 Å². The Morgan fingerprint density at radius 2 is 1.81 bits per heavy atom. The second kappa shape index (κ2) is 12.8. The predicted octanol–water partition coefficient (Wildman–Crippen LogP) is 5.90. The fourth-order valence-corrected chi connectivity index (χ4v) is 4.22. The standard InChI is InChI=1S/C27H36N2O2.Ni/c1-4-5-6-9-19-29(26-10-7-8-11-27(26)30-3)22-16-23-12-14-24(15-13-23)31-25-17-20-28(2)21-18-25;/h7-8,10-16,22,25H,4-6,9,17-18,20-21H2,1-3H3;. The van der Waals surface area contributed by atoms with Crippen LogP contribution in [0.2, 0.25) is 0 Å². The average molecular weight is 479 g/mol. The maximum absolute atomic E-state index is 6.18. The van der Waals surface area contributed by atoms with Gasteiger partial charge in [0.05, 0.1) is 0 Å². The van der Waals surface area contributed by atoms with Crippen LogP contribution in [0.3, 0.4) is 0 Å². The number of nitrogens with zero attached hydrogens (tertiary/aromatic N) is 2. The number of rotatable bonds is 11. The van der Waals surface area contributed by atoms with Crippen LogP contribution in [-0.2, 0) is 15.0 Å². The molecule has 0 bridgehead atoms. The van der Waals surface area contributed by atoms with Gasteiger partial charge in [-0.1, -0.05) is 0 Å². The molecule has 1 aliphatic heterocycles. The Hall–Kier alpha value is -2.10. The molecule has 0 aromatic heterocycles. The third-order valence-electron chi connectivity index (χ3n) is 5.83. The summed E-state index contributed by atoms with van der Waals surface area (Å²) in [7, 11) is 3.87. The van der Waals surface area contributed by atoms with Gasteiger partial charge in [0.15, 0.2) is 0 Å². The third kappa shape index (κ3) is 7.22. The minimum atomic E-state index is 0.315. The Labute approximate surface area is 201 Å². The second-order valence-corrected chi connectivity index (χ2v) is 8.91. The zero-order valence-electron chi connectivity index (χ0n) is 19.5. The van der Waals surface area contributed by atoms with Crippen molar-refractivity contribution in [3.05, 3.63) is 60.3 Å². The molecule has 0 spiro atoms. The van der Waals surface area contributed by atoms with E-state index in [0.29, 0.717) is 6.10 Å². The first-order valence-corrected chi connectivity index (χ1v) is 12.1. The molecule has 0 amide bonds. The van der Waals surface area contributed by atoms with Gasteiger partial charge < -0.3 is 4.90 Å². The molecule has 3 rings (SSSR count). The van der Waals surface area contributed by atoms with Crippen LogP contribution in [0, 0.1) is 0 Å². The van der Waals surface area contributed by atoms with Crippen LogP contribution in [-0.4, -0.2) is 42.9 Å². The molecular weight excluding hydrogens is 443 g/mol. The minimum absolute atomic E-state index is 0.315. The molecule has 2 aromatic rings. The summed E-state index contributed by atoms with van der Waals surface area (Å²) in [5.74, 6) is 1.76. The molecule has 0 atom stereocenters. The molecule has 176 valence electrons. The fourth-order valence-electron chi connectivity index (χ4n) is 3.85. The molecular formula is C27H36N2NiO2. The van der Waals surface area contributed by atoms with E-state index in [1.54, 1.807) is 7.11 Å². The van der Waals surface area contributed by atoms with Crippen molar-refractivity contribution in [1.82, 2.24) is 4.90 Å². The number of anilines is 1. The summed E-state index contributed by atoms with van der Waals surface area (Å²) in [6, 6.07) is 16.4. The molecule has 5 heteroatoms. The monoisotopic (exact) mass is 478 g/mol. The van der Waals surface area contributed by atoms with Gasteiger partial charge in [0.2, 0.25) is 0 Å². The number of likely N-dealkylation sites (tertiary alicyclic amines) is 1. The van der Waals surface area contributed by atoms with Gasteiger partial charge in [-0.15, -0.1) is 0 Å². The van der Waals surface area contributed by atoms with Crippen LogP contribution in [0.1, 0.15) is 51.0 Å². The van der Waals surface area contributed by atoms with Crippen molar-refractivity contribution in [1.29, 1.82) is 0 Å². The first-order chi connectivity index (χ1) is 15.6. The Morgan fingerprint density at radius 3 is 2.50 bits per heavy atom. The first-order valence-electron chi connectivity index (χ1n) is 11.6. The number of piperidine rings is 1. The summed E-state index contributed by atoms with van der Waals surface area (Å²) in [5.41, 5.74) is 2.09. The third-order valence-corrected chi connectivity index (χ3v) is 6.31. The normalized spacial score (nSPS) is 15.2. The van der Waals surface area contributed by atoms with Crippen LogP contribution in [0.25, 0.3) is 6.08 Å². The molecule has 0 saturated carbocycles. The van der Waals surface area contributed by atoms with Crippen molar-refractivity contribution in [2.75, 3.05) is 32.1 Å². The zero-order valence-corrected chi connectivity index (χ0v) is 20.5. The van der Waals surface area contributed by atoms with Gasteiger partial charge in [-0.05, 0) is 7.05 Å². The van der Waals surface area contributed by atoms with Gasteiger partial charge in [-0.2, -0.15) is 0 Å². The summed E-state index contributed by atoms with van der Waals surface area (Å²) in [5, 5.41) is 0. The first kappa shape index (κ1) is 24.5. The average Bonchev–Trinajstić information content (AvgIpc) is 2.82. The zero-order chi connectivity index (χ0) is 22.8. The number of methoxy groups -OCH3 is 1. The van der Waals surface area contributed by atoms with E-state index in [-0.39, 0.29) is 0 Å². The number of ether oxygens (including phenoxy) is 2. The number of hydrogen-bond acceptors (Lipinski definition) is 4. The molecule has 32 heavy (non-hydrogen) atoms. The molecule has 2 aromatic carbocycles. The van der Waals surface area contributed by atoms with Crippen molar-refractivity contribution in [2.45, 2.75) is 51.6 Å². The summed E-state index contributed by atoms with van der Waals surface area (Å²) >= 11 is 5.45. The number of benzene rings is 2. The SMILES string of the molecule is CCCCC[C](=[Ni])N(C=Cc1ccc(OC2CCN(C)CC2)cc1)c1ccccc1OC. The summed E-state index contributed by atoms with van der Waals surface area (Å²) in [6.07, 6.45) is 11.0. The van der Waals surface area contributed by atoms with Gasteiger partial charge in [-0.3, -0.25) is 0 Å². The molecule has 0 radical (unpaired) electrons. The van der Waals surface area contributed by atoms with Crippen molar-refractivity contribution < 1.29 is 24.5 Å². The van der Waals surface area contributed by atoms with Crippen LogP contribution in [0.4, 0.5) is 5.69 Å². The Morgan fingerprint density at radius 1 is 1.09 bits per heavy atom. The van der Waals surface area contributed by atoms with E-state index in [4.69, 9.17) is 24.5 Å². The van der Waals surface area contributed by atoms with Crippen molar-refractivity contribution >= 4 is 16.4 Å². The predicted molar refractivity (Wildman–Crippen MR) is 131 cm³/mol. The summed E-state index contributed by atoms with van der Waals surface area (Å²) in [4.78, 5) is 4.45. The van der Waals surface area contributed by atoms with E-state index in [9.17, 15) is 0 Å². The fraction of sp³-hybridized carbons (Fsp3) is 0.444. The number of hydrogen-bond donors (Lipinski definition) is 0. The van der Waals surface area contributed by atoms with E-state index in [1.165, 1.54) is 12.8 Å². The molecule has 1 heterocycles. The van der Waals surface area contributed by atoms with Gasteiger partial charge in [-0.25, -0.2) is 0 Å². The van der Waals surface area contributed by atoms with E-state index in [1.807, 2.05) is 18.2 Å². The van der Waals surface area contributed by atoms with Gasteiger partial charge in [0.1, 0.15) is 0 Å². The summed E-state index contributed by atoms with van der Waals surface area (Å²) in [6.45, 7) is 4.41. The quantitative estimate of drug-likeness (QED) is 0.296. The molecule has 4 nitrogen and oxygen atoms in total. The van der Waals surface area contributed by atoms with Crippen molar-refractivity contribution in [3.8, 4) is 11.5 Å². The second-order valence-electron chi connectivity index (χ2n) is 8.34. The number of para-hydroxylation sites is 2. The van der Waals surface area contributed by atoms with E-state index in [2.05, 4.69) is 66.4 Å².